The van der Waals surface area contributed by atoms with Gasteiger partial charge in [0.05, 0.1) is 0 Å². The first kappa shape index (κ1) is 15.3. The molecule has 1 aliphatic carbocycles. The Bertz CT molecular complexity index is 421. The van der Waals surface area contributed by atoms with E-state index < -0.39 is 0 Å². The molecule has 0 aromatic heterocycles. The van der Waals surface area contributed by atoms with E-state index in [1.807, 2.05) is 6.92 Å². The molecule has 3 heteroatoms. The summed E-state index contributed by atoms with van der Waals surface area (Å²) in [5.41, 5.74) is 1.03. The zero-order valence-corrected chi connectivity index (χ0v) is 12.6. The van der Waals surface area contributed by atoms with Crippen LogP contribution >= 0.6 is 0 Å². The maximum absolute atomic E-state index is 13.9. The van der Waals surface area contributed by atoms with Crippen molar-refractivity contribution in [2.75, 3.05) is 6.54 Å². The quantitative estimate of drug-likeness (QED) is 0.891. The molecule has 2 unspecified atom stereocenters. The standard InChI is InChI=1S/C17H26FNO/c1-3-19-15-8-6-4-5-7-9-16(15)20-17-12-13(2)10-11-14(17)18/h10-12,15-16,19H,3-9H2,1-2H3. The van der Waals surface area contributed by atoms with E-state index in [4.69, 9.17) is 4.74 Å². The monoisotopic (exact) mass is 279 g/mol. The Kier molecular flexibility index (Phi) is 5.84. The molecule has 0 aliphatic heterocycles. The lowest BCUT2D eigenvalue weighted by molar-refractivity contribution is 0.123. The Morgan fingerprint density at radius 3 is 2.70 bits per heavy atom. The second-order valence-electron chi connectivity index (χ2n) is 5.75. The van der Waals surface area contributed by atoms with Crippen LogP contribution in [-0.2, 0) is 0 Å². The van der Waals surface area contributed by atoms with Crippen molar-refractivity contribution in [3.63, 3.8) is 0 Å². The number of ether oxygens (including phenoxy) is 1. The van der Waals surface area contributed by atoms with E-state index in [9.17, 15) is 4.39 Å². The lowest BCUT2D eigenvalue weighted by Gasteiger charge is -2.30. The number of nitrogens with one attached hydrogen (secondary N) is 1. The number of aryl methyl sites for hydroxylation is 1. The van der Waals surface area contributed by atoms with Crippen molar-refractivity contribution in [2.45, 2.75) is 64.5 Å². The van der Waals surface area contributed by atoms with Crippen LogP contribution in [-0.4, -0.2) is 18.7 Å². The van der Waals surface area contributed by atoms with Gasteiger partial charge in [0.2, 0.25) is 0 Å². The van der Waals surface area contributed by atoms with E-state index >= 15 is 0 Å². The van der Waals surface area contributed by atoms with Crippen LogP contribution < -0.4 is 10.1 Å². The summed E-state index contributed by atoms with van der Waals surface area (Å²) in [6.07, 6.45) is 7.15. The highest BCUT2D eigenvalue weighted by Crippen LogP contribution is 2.25. The number of rotatable bonds is 4. The highest BCUT2D eigenvalue weighted by atomic mass is 19.1. The van der Waals surface area contributed by atoms with E-state index in [1.54, 1.807) is 12.1 Å². The van der Waals surface area contributed by atoms with E-state index in [-0.39, 0.29) is 11.9 Å². The summed E-state index contributed by atoms with van der Waals surface area (Å²) in [7, 11) is 0. The molecule has 0 amide bonds. The summed E-state index contributed by atoms with van der Waals surface area (Å²) in [6, 6.07) is 5.41. The van der Waals surface area contributed by atoms with Gasteiger partial charge in [0, 0.05) is 6.04 Å². The summed E-state index contributed by atoms with van der Waals surface area (Å²) < 4.78 is 19.9. The van der Waals surface area contributed by atoms with Crippen LogP contribution in [0.4, 0.5) is 4.39 Å². The highest BCUT2D eigenvalue weighted by Gasteiger charge is 2.24. The van der Waals surface area contributed by atoms with Crippen molar-refractivity contribution in [3.05, 3.63) is 29.6 Å². The third-order valence-electron chi connectivity index (χ3n) is 4.03. The molecule has 2 nitrogen and oxygen atoms in total. The van der Waals surface area contributed by atoms with Crippen molar-refractivity contribution in [2.24, 2.45) is 0 Å². The van der Waals surface area contributed by atoms with Gasteiger partial charge < -0.3 is 10.1 Å². The minimum atomic E-state index is -0.257. The summed E-state index contributed by atoms with van der Waals surface area (Å²) in [5.74, 6) is 0.145. The van der Waals surface area contributed by atoms with Crippen LogP contribution in [0, 0.1) is 12.7 Å². The molecule has 0 radical (unpaired) electrons. The molecular weight excluding hydrogens is 253 g/mol. The fraction of sp³-hybridized carbons (Fsp3) is 0.647. The average molecular weight is 279 g/mol. The number of hydrogen-bond acceptors (Lipinski definition) is 2. The SMILES string of the molecule is CCNC1CCCCCCC1Oc1cc(C)ccc1F. The van der Waals surface area contributed by atoms with Crippen molar-refractivity contribution in [1.82, 2.24) is 5.32 Å². The molecule has 1 aromatic rings. The van der Waals surface area contributed by atoms with Crippen LogP contribution in [0.25, 0.3) is 0 Å². The molecule has 1 N–H and O–H groups in total. The molecule has 2 rings (SSSR count). The number of hydrogen-bond donors (Lipinski definition) is 1. The minimum absolute atomic E-state index is 0.0755. The Labute approximate surface area is 121 Å². The third kappa shape index (κ3) is 4.20. The molecule has 1 fully saturated rings. The maximum Gasteiger partial charge on any atom is 0.165 e. The van der Waals surface area contributed by atoms with E-state index in [2.05, 4.69) is 12.2 Å². The van der Waals surface area contributed by atoms with Gasteiger partial charge in [-0.2, -0.15) is 0 Å². The van der Waals surface area contributed by atoms with Gasteiger partial charge in [-0.3, -0.25) is 0 Å². The Hall–Kier alpha value is -1.09. The smallest absolute Gasteiger partial charge is 0.165 e. The van der Waals surface area contributed by atoms with Gasteiger partial charge in [-0.15, -0.1) is 0 Å². The second-order valence-corrected chi connectivity index (χ2v) is 5.75. The predicted octanol–water partition coefficient (Wildman–Crippen LogP) is 4.21. The summed E-state index contributed by atoms with van der Waals surface area (Å²) in [4.78, 5) is 0. The van der Waals surface area contributed by atoms with E-state index in [0.29, 0.717) is 11.8 Å². The van der Waals surface area contributed by atoms with E-state index in [1.165, 1.54) is 31.7 Å². The fourth-order valence-corrected chi connectivity index (χ4v) is 2.95. The van der Waals surface area contributed by atoms with Gasteiger partial charge in [-0.05, 0) is 50.4 Å². The summed E-state index contributed by atoms with van der Waals surface area (Å²) in [6.45, 7) is 5.01. The largest absolute Gasteiger partial charge is 0.486 e. The second kappa shape index (κ2) is 7.63. The first-order valence-electron chi connectivity index (χ1n) is 7.87. The molecule has 2 atom stereocenters. The lowest BCUT2D eigenvalue weighted by atomic mass is 9.94. The van der Waals surface area contributed by atoms with Crippen molar-refractivity contribution >= 4 is 0 Å². The topological polar surface area (TPSA) is 21.3 Å². The molecule has 0 heterocycles. The first-order chi connectivity index (χ1) is 9.70. The Balaban J connectivity index is 2.10. The molecule has 1 saturated carbocycles. The van der Waals surface area contributed by atoms with Gasteiger partial charge in [0.25, 0.3) is 0 Å². The number of benzene rings is 1. The van der Waals surface area contributed by atoms with Crippen LogP contribution in [0.15, 0.2) is 18.2 Å². The molecule has 112 valence electrons. The zero-order chi connectivity index (χ0) is 14.4. The predicted molar refractivity (Wildman–Crippen MR) is 80.7 cm³/mol. The van der Waals surface area contributed by atoms with Crippen LogP contribution in [0.2, 0.25) is 0 Å². The molecule has 0 spiro atoms. The van der Waals surface area contributed by atoms with Crippen LogP contribution in [0.3, 0.4) is 0 Å². The van der Waals surface area contributed by atoms with Gasteiger partial charge >= 0.3 is 0 Å². The first-order valence-corrected chi connectivity index (χ1v) is 7.87. The van der Waals surface area contributed by atoms with Crippen LogP contribution in [0.1, 0.15) is 51.0 Å². The van der Waals surface area contributed by atoms with Crippen molar-refractivity contribution in [3.8, 4) is 5.75 Å². The van der Waals surface area contributed by atoms with E-state index in [0.717, 1.165) is 24.9 Å². The molecule has 1 aliphatic rings. The molecule has 1 aromatic carbocycles. The summed E-state index contributed by atoms with van der Waals surface area (Å²) >= 11 is 0. The van der Waals surface area contributed by atoms with Gasteiger partial charge in [0.1, 0.15) is 6.10 Å². The fourth-order valence-electron chi connectivity index (χ4n) is 2.95. The van der Waals surface area contributed by atoms with Gasteiger partial charge in [-0.25, -0.2) is 4.39 Å². The zero-order valence-electron chi connectivity index (χ0n) is 12.6. The maximum atomic E-state index is 13.9. The molecule has 0 saturated heterocycles. The number of likely N-dealkylation sites (N-methyl/N-ethyl adjacent to an activating group) is 1. The number of halogens is 1. The average Bonchev–Trinajstić information content (AvgIpc) is 2.41. The van der Waals surface area contributed by atoms with Gasteiger partial charge in [-0.1, -0.05) is 32.3 Å². The van der Waals surface area contributed by atoms with Crippen LogP contribution in [0.5, 0.6) is 5.75 Å². The Morgan fingerprint density at radius 2 is 1.95 bits per heavy atom. The summed E-state index contributed by atoms with van der Waals surface area (Å²) in [5, 5.41) is 3.51. The van der Waals surface area contributed by atoms with Crippen molar-refractivity contribution < 1.29 is 9.13 Å². The van der Waals surface area contributed by atoms with Gasteiger partial charge in [0.15, 0.2) is 11.6 Å². The third-order valence-corrected chi connectivity index (χ3v) is 4.03. The molecule has 20 heavy (non-hydrogen) atoms. The molecule has 0 bridgehead atoms. The molecular formula is C17H26FNO. The Morgan fingerprint density at radius 1 is 1.20 bits per heavy atom. The normalized spacial score (nSPS) is 23.9. The van der Waals surface area contributed by atoms with Crippen molar-refractivity contribution in [1.29, 1.82) is 0 Å². The highest BCUT2D eigenvalue weighted by molar-refractivity contribution is 5.29. The lowest BCUT2D eigenvalue weighted by Crippen LogP contribution is -2.43. The minimum Gasteiger partial charge on any atom is -0.486 e.